The number of hydrogen-bond acceptors (Lipinski definition) is 5. The summed E-state index contributed by atoms with van der Waals surface area (Å²) in [5, 5.41) is 5.62. The van der Waals surface area contributed by atoms with Gasteiger partial charge in [0.25, 0.3) is 5.91 Å². The standard InChI is InChI=1S/C23H18N2O3S/c1-15-21(29-22(24-15)17-8-3-2-4-9-17)23(27)28-14-20(26)25-19-12-11-16-7-5-6-10-18(16)13-19/h2-13H,14H2,1H3,(H,25,26). The Morgan fingerprint density at radius 1 is 0.966 bits per heavy atom. The van der Waals surface area contributed by atoms with Gasteiger partial charge in [-0.2, -0.15) is 0 Å². The minimum absolute atomic E-state index is 0.357. The molecular weight excluding hydrogens is 384 g/mol. The Hall–Kier alpha value is -3.51. The first kappa shape index (κ1) is 18.8. The predicted octanol–water partition coefficient (Wildman–Crippen LogP) is 5.07. The van der Waals surface area contributed by atoms with Gasteiger partial charge in [-0.3, -0.25) is 4.79 Å². The fourth-order valence-electron chi connectivity index (χ4n) is 2.95. The highest BCUT2D eigenvalue weighted by Gasteiger charge is 2.18. The summed E-state index contributed by atoms with van der Waals surface area (Å²) < 4.78 is 5.20. The number of rotatable bonds is 5. The Kier molecular flexibility index (Phi) is 5.35. The molecule has 0 bridgehead atoms. The molecule has 0 unspecified atom stereocenters. The van der Waals surface area contributed by atoms with Crippen molar-refractivity contribution in [2.75, 3.05) is 11.9 Å². The highest BCUT2D eigenvalue weighted by Crippen LogP contribution is 2.28. The minimum Gasteiger partial charge on any atom is -0.451 e. The number of hydrogen-bond donors (Lipinski definition) is 1. The van der Waals surface area contributed by atoms with Crippen LogP contribution in [0.15, 0.2) is 72.8 Å². The first-order chi connectivity index (χ1) is 14.1. The summed E-state index contributed by atoms with van der Waals surface area (Å²) in [6, 6.07) is 23.1. The van der Waals surface area contributed by atoms with Gasteiger partial charge >= 0.3 is 5.97 Å². The molecule has 0 radical (unpaired) electrons. The third kappa shape index (κ3) is 4.33. The average molecular weight is 402 g/mol. The highest BCUT2D eigenvalue weighted by atomic mass is 32.1. The molecule has 1 aromatic heterocycles. The minimum atomic E-state index is -0.546. The number of fused-ring (bicyclic) bond motifs is 1. The van der Waals surface area contributed by atoms with E-state index in [4.69, 9.17) is 4.74 Å². The molecule has 1 amide bonds. The molecule has 5 nitrogen and oxygen atoms in total. The van der Waals surface area contributed by atoms with Gasteiger partial charge in [0.2, 0.25) is 0 Å². The second-order valence-corrected chi connectivity index (χ2v) is 7.48. The van der Waals surface area contributed by atoms with Crippen LogP contribution in [0, 0.1) is 6.92 Å². The van der Waals surface area contributed by atoms with Gasteiger partial charge in [0, 0.05) is 11.3 Å². The lowest BCUT2D eigenvalue weighted by atomic mass is 10.1. The summed E-state index contributed by atoms with van der Waals surface area (Å²) in [6.07, 6.45) is 0. The molecule has 4 rings (SSSR count). The van der Waals surface area contributed by atoms with Crippen molar-refractivity contribution in [1.29, 1.82) is 0 Å². The molecule has 1 N–H and O–H groups in total. The molecule has 0 aliphatic rings. The van der Waals surface area contributed by atoms with Crippen molar-refractivity contribution in [2.24, 2.45) is 0 Å². The van der Waals surface area contributed by atoms with Crippen LogP contribution in [0.25, 0.3) is 21.3 Å². The van der Waals surface area contributed by atoms with E-state index in [1.54, 1.807) is 6.92 Å². The van der Waals surface area contributed by atoms with E-state index >= 15 is 0 Å². The van der Waals surface area contributed by atoms with Crippen LogP contribution in [-0.2, 0) is 9.53 Å². The van der Waals surface area contributed by atoms with E-state index in [1.807, 2.05) is 72.8 Å². The van der Waals surface area contributed by atoms with Crippen molar-refractivity contribution < 1.29 is 14.3 Å². The van der Waals surface area contributed by atoms with Gasteiger partial charge in [0.15, 0.2) is 6.61 Å². The second kappa shape index (κ2) is 8.24. The van der Waals surface area contributed by atoms with E-state index in [1.165, 1.54) is 11.3 Å². The van der Waals surface area contributed by atoms with Gasteiger partial charge in [-0.15, -0.1) is 11.3 Å². The second-order valence-electron chi connectivity index (χ2n) is 6.49. The number of esters is 1. The topological polar surface area (TPSA) is 68.3 Å². The molecule has 6 heteroatoms. The number of benzene rings is 3. The maximum absolute atomic E-state index is 12.4. The summed E-state index contributed by atoms with van der Waals surface area (Å²) in [6.45, 7) is 1.40. The fraction of sp³-hybridized carbons (Fsp3) is 0.0870. The van der Waals surface area contributed by atoms with E-state index in [-0.39, 0.29) is 12.5 Å². The Labute approximate surface area is 172 Å². The molecule has 144 valence electrons. The normalized spacial score (nSPS) is 10.7. The van der Waals surface area contributed by atoms with Crippen molar-refractivity contribution in [3.8, 4) is 10.6 Å². The van der Waals surface area contributed by atoms with E-state index in [0.29, 0.717) is 16.3 Å². The van der Waals surface area contributed by atoms with Gasteiger partial charge < -0.3 is 10.1 Å². The largest absolute Gasteiger partial charge is 0.451 e. The molecule has 4 aromatic rings. The number of carbonyl (C=O) groups is 2. The summed E-state index contributed by atoms with van der Waals surface area (Å²) in [7, 11) is 0. The monoisotopic (exact) mass is 402 g/mol. The zero-order chi connectivity index (χ0) is 20.2. The van der Waals surface area contributed by atoms with Gasteiger partial charge in [-0.1, -0.05) is 60.7 Å². The number of carbonyl (C=O) groups excluding carboxylic acids is 2. The third-order valence-corrected chi connectivity index (χ3v) is 5.56. The maximum Gasteiger partial charge on any atom is 0.350 e. The van der Waals surface area contributed by atoms with Crippen LogP contribution in [0.5, 0.6) is 0 Å². The number of amides is 1. The van der Waals surface area contributed by atoms with Gasteiger partial charge in [-0.25, -0.2) is 9.78 Å². The van der Waals surface area contributed by atoms with Gasteiger partial charge in [-0.05, 0) is 29.8 Å². The van der Waals surface area contributed by atoms with Gasteiger partial charge in [0.05, 0.1) is 5.69 Å². The van der Waals surface area contributed by atoms with Crippen LogP contribution in [0.3, 0.4) is 0 Å². The van der Waals surface area contributed by atoms with Crippen molar-refractivity contribution in [1.82, 2.24) is 4.98 Å². The summed E-state index contributed by atoms with van der Waals surface area (Å²) in [5.41, 5.74) is 2.19. The molecule has 0 saturated heterocycles. The van der Waals surface area contributed by atoms with Crippen LogP contribution in [0.1, 0.15) is 15.4 Å². The lowest BCUT2D eigenvalue weighted by molar-refractivity contribution is -0.119. The first-order valence-electron chi connectivity index (χ1n) is 9.09. The van der Waals surface area contributed by atoms with E-state index in [2.05, 4.69) is 10.3 Å². The number of thiazole rings is 1. The molecule has 0 fully saturated rings. The molecule has 0 atom stereocenters. The molecule has 1 heterocycles. The van der Waals surface area contributed by atoms with E-state index < -0.39 is 5.97 Å². The third-order valence-electron chi connectivity index (χ3n) is 4.37. The van der Waals surface area contributed by atoms with Crippen LogP contribution >= 0.6 is 11.3 Å². The SMILES string of the molecule is Cc1nc(-c2ccccc2)sc1C(=O)OCC(=O)Nc1ccc2ccccc2c1. The smallest absolute Gasteiger partial charge is 0.350 e. The van der Waals surface area contributed by atoms with Crippen molar-refractivity contribution in [3.63, 3.8) is 0 Å². The Morgan fingerprint density at radius 3 is 2.48 bits per heavy atom. The molecule has 29 heavy (non-hydrogen) atoms. The van der Waals surface area contributed by atoms with Crippen molar-refractivity contribution >= 4 is 39.7 Å². The quantitative estimate of drug-likeness (QED) is 0.474. The van der Waals surface area contributed by atoms with E-state index in [0.717, 1.165) is 21.3 Å². The lowest BCUT2D eigenvalue weighted by Crippen LogP contribution is -2.20. The molecular formula is C23H18N2O3S. The van der Waals surface area contributed by atoms with Gasteiger partial charge in [0.1, 0.15) is 9.88 Å². The van der Waals surface area contributed by atoms with Crippen molar-refractivity contribution in [3.05, 3.63) is 83.4 Å². The van der Waals surface area contributed by atoms with Crippen molar-refractivity contribution in [2.45, 2.75) is 6.92 Å². The predicted molar refractivity (Wildman–Crippen MR) is 115 cm³/mol. The Balaban J connectivity index is 1.39. The average Bonchev–Trinajstić information content (AvgIpc) is 3.14. The molecule has 3 aromatic carbocycles. The number of aromatic nitrogens is 1. The van der Waals surface area contributed by atoms with Crippen LogP contribution < -0.4 is 5.32 Å². The van der Waals surface area contributed by atoms with Crippen LogP contribution in [0.4, 0.5) is 5.69 Å². The van der Waals surface area contributed by atoms with E-state index in [9.17, 15) is 9.59 Å². The maximum atomic E-state index is 12.4. The highest BCUT2D eigenvalue weighted by molar-refractivity contribution is 7.17. The Morgan fingerprint density at radius 2 is 1.69 bits per heavy atom. The summed E-state index contributed by atoms with van der Waals surface area (Å²) in [5.74, 6) is -0.935. The molecule has 0 aliphatic carbocycles. The van der Waals surface area contributed by atoms with Crippen LogP contribution in [0.2, 0.25) is 0 Å². The zero-order valence-electron chi connectivity index (χ0n) is 15.7. The Bertz CT molecular complexity index is 1190. The number of aryl methyl sites for hydroxylation is 1. The lowest BCUT2D eigenvalue weighted by Gasteiger charge is -2.07. The first-order valence-corrected chi connectivity index (χ1v) is 9.90. The summed E-state index contributed by atoms with van der Waals surface area (Å²) in [4.78, 5) is 29.5. The molecule has 0 spiro atoms. The number of ether oxygens (including phenoxy) is 1. The number of nitrogens with zero attached hydrogens (tertiary/aromatic N) is 1. The number of anilines is 1. The fourth-order valence-corrected chi connectivity index (χ4v) is 3.92. The molecule has 0 aliphatic heterocycles. The van der Waals surface area contributed by atoms with Crippen LogP contribution in [-0.4, -0.2) is 23.5 Å². The number of nitrogens with one attached hydrogen (secondary N) is 1. The molecule has 0 saturated carbocycles. The zero-order valence-corrected chi connectivity index (χ0v) is 16.5. The summed E-state index contributed by atoms with van der Waals surface area (Å²) >= 11 is 1.26.